The monoisotopic (exact) mass is 354 g/mol. The molecule has 0 aromatic heterocycles. The number of ether oxygens (including phenoxy) is 1. The van der Waals surface area contributed by atoms with E-state index in [0.29, 0.717) is 6.42 Å². The zero-order chi connectivity index (χ0) is 18.6. The average molecular weight is 354 g/mol. The van der Waals surface area contributed by atoms with Crippen molar-refractivity contribution in [3.8, 4) is 16.9 Å². The molecule has 0 fully saturated rings. The fourth-order valence-electron chi connectivity index (χ4n) is 3.82. The first-order valence-electron chi connectivity index (χ1n) is 9.27. The van der Waals surface area contributed by atoms with Crippen molar-refractivity contribution in [1.82, 2.24) is 0 Å². The number of rotatable bonds is 4. The highest BCUT2D eigenvalue weighted by Crippen LogP contribution is 2.39. The second-order valence-corrected chi connectivity index (χ2v) is 6.93. The molecule has 0 aliphatic heterocycles. The Morgan fingerprint density at radius 1 is 0.741 bits per heavy atom. The van der Waals surface area contributed by atoms with Crippen molar-refractivity contribution >= 4 is 11.4 Å². The minimum Gasteiger partial charge on any atom is -0.496 e. The van der Waals surface area contributed by atoms with E-state index >= 15 is 0 Å². The quantitative estimate of drug-likeness (QED) is 0.584. The fourth-order valence-corrected chi connectivity index (χ4v) is 3.82. The van der Waals surface area contributed by atoms with Gasteiger partial charge in [0, 0.05) is 6.42 Å². The predicted octanol–water partition coefficient (Wildman–Crippen LogP) is 5.89. The van der Waals surface area contributed by atoms with Gasteiger partial charge >= 0.3 is 0 Å². The lowest BCUT2D eigenvalue weighted by atomic mass is 9.80. The first-order valence-corrected chi connectivity index (χ1v) is 9.27. The minimum atomic E-state index is 0.155. The van der Waals surface area contributed by atoms with Crippen molar-refractivity contribution in [3.63, 3.8) is 0 Å². The van der Waals surface area contributed by atoms with Crippen molar-refractivity contribution in [1.29, 1.82) is 0 Å². The highest BCUT2D eigenvalue weighted by atomic mass is 16.5. The summed E-state index contributed by atoms with van der Waals surface area (Å²) < 4.78 is 5.51. The zero-order valence-corrected chi connectivity index (χ0v) is 15.4. The van der Waals surface area contributed by atoms with Crippen LogP contribution in [0.2, 0.25) is 0 Å². The van der Waals surface area contributed by atoms with Gasteiger partial charge in [0.25, 0.3) is 0 Å². The second-order valence-electron chi connectivity index (χ2n) is 6.93. The Morgan fingerprint density at radius 2 is 1.37 bits per heavy atom. The molecule has 134 valence electrons. The summed E-state index contributed by atoms with van der Waals surface area (Å²) in [6.45, 7) is 0. The van der Waals surface area contributed by atoms with E-state index in [9.17, 15) is 4.79 Å². The number of benzene rings is 3. The lowest BCUT2D eigenvalue weighted by molar-refractivity contribution is -0.115. The number of para-hydroxylation sites is 1. The van der Waals surface area contributed by atoms with Crippen LogP contribution in [-0.4, -0.2) is 12.9 Å². The molecular weight excluding hydrogens is 332 g/mol. The molecule has 4 rings (SSSR count). The molecule has 1 aliphatic carbocycles. The van der Waals surface area contributed by atoms with Crippen LogP contribution in [0.3, 0.4) is 0 Å². The summed E-state index contributed by atoms with van der Waals surface area (Å²) >= 11 is 0. The van der Waals surface area contributed by atoms with Crippen LogP contribution in [0, 0.1) is 0 Å². The van der Waals surface area contributed by atoms with E-state index in [0.717, 1.165) is 28.9 Å². The smallest absolute Gasteiger partial charge is 0.156 e. The Kier molecular flexibility index (Phi) is 4.88. The van der Waals surface area contributed by atoms with E-state index in [1.54, 1.807) is 7.11 Å². The number of hydrogen-bond acceptors (Lipinski definition) is 2. The minimum absolute atomic E-state index is 0.155. The van der Waals surface area contributed by atoms with Crippen molar-refractivity contribution in [2.75, 3.05) is 7.11 Å². The third kappa shape index (κ3) is 3.70. The number of carbonyl (C=O) groups is 1. The highest BCUT2D eigenvalue weighted by molar-refractivity contribution is 5.99. The molecule has 1 atom stereocenters. The maximum atomic E-state index is 12.4. The number of ketones is 1. The molecule has 3 aromatic rings. The van der Waals surface area contributed by atoms with Gasteiger partial charge in [-0.2, -0.15) is 0 Å². The summed E-state index contributed by atoms with van der Waals surface area (Å²) in [6.07, 6.45) is 3.19. The number of allylic oxidation sites excluding steroid dienone is 2. The van der Waals surface area contributed by atoms with Crippen LogP contribution in [0.25, 0.3) is 16.7 Å². The molecule has 0 bridgehead atoms. The van der Waals surface area contributed by atoms with Crippen molar-refractivity contribution < 1.29 is 9.53 Å². The largest absolute Gasteiger partial charge is 0.496 e. The Bertz CT molecular complexity index is 969. The van der Waals surface area contributed by atoms with Gasteiger partial charge in [0.15, 0.2) is 5.78 Å². The van der Waals surface area contributed by atoms with E-state index in [2.05, 4.69) is 42.5 Å². The summed E-state index contributed by atoms with van der Waals surface area (Å²) in [6, 6.07) is 26.8. The molecule has 2 nitrogen and oxygen atoms in total. The average Bonchev–Trinajstić information content (AvgIpc) is 2.74. The SMILES string of the molecule is COc1ccccc1C1CC(=O)C=C(c2ccc(-c3ccccc3)cc2)C1. The maximum absolute atomic E-state index is 12.4. The molecule has 0 saturated heterocycles. The van der Waals surface area contributed by atoms with E-state index < -0.39 is 0 Å². The van der Waals surface area contributed by atoms with Crippen LogP contribution < -0.4 is 4.74 Å². The van der Waals surface area contributed by atoms with Gasteiger partial charge in [-0.15, -0.1) is 0 Å². The molecule has 3 aromatic carbocycles. The topological polar surface area (TPSA) is 26.3 Å². The third-order valence-electron chi connectivity index (χ3n) is 5.19. The first kappa shape index (κ1) is 17.3. The highest BCUT2D eigenvalue weighted by Gasteiger charge is 2.25. The van der Waals surface area contributed by atoms with E-state index in [4.69, 9.17) is 4.74 Å². The zero-order valence-electron chi connectivity index (χ0n) is 15.4. The molecule has 1 aliphatic rings. The van der Waals surface area contributed by atoms with E-state index in [-0.39, 0.29) is 11.7 Å². The number of carbonyl (C=O) groups excluding carboxylic acids is 1. The molecular formula is C25H22O2. The maximum Gasteiger partial charge on any atom is 0.156 e. The van der Waals surface area contributed by atoms with Crippen LogP contribution in [0.15, 0.2) is 84.9 Å². The molecule has 0 spiro atoms. The Morgan fingerprint density at radius 3 is 2.11 bits per heavy atom. The number of methoxy groups -OCH3 is 1. The summed E-state index contributed by atoms with van der Waals surface area (Å²) in [5, 5.41) is 0. The van der Waals surface area contributed by atoms with Crippen LogP contribution in [0.4, 0.5) is 0 Å². The van der Waals surface area contributed by atoms with E-state index in [1.807, 2.05) is 42.5 Å². The van der Waals surface area contributed by atoms with Gasteiger partial charge < -0.3 is 4.74 Å². The standard InChI is InChI=1S/C25H22O2/c1-27-25-10-6-5-9-24(25)22-15-21(16-23(26)17-22)20-13-11-19(12-14-20)18-7-3-2-4-8-18/h2-14,16,22H,15,17H2,1H3. The molecule has 2 heteroatoms. The van der Waals surface area contributed by atoms with Crippen LogP contribution in [0.5, 0.6) is 5.75 Å². The normalized spacial score (nSPS) is 16.7. The Labute approximate surface area is 160 Å². The first-order chi connectivity index (χ1) is 13.2. The van der Waals surface area contributed by atoms with Gasteiger partial charge in [0.05, 0.1) is 7.11 Å². The van der Waals surface area contributed by atoms with Crippen LogP contribution >= 0.6 is 0 Å². The van der Waals surface area contributed by atoms with E-state index in [1.165, 1.54) is 11.1 Å². The Hall–Kier alpha value is -3.13. The van der Waals surface area contributed by atoms with Crippen molar-refractivity contribution in [2.24, 2.45) is 0 Å². The molecule has 0 radical (unpaired) electrons. The van der Waals surface area contributed by atoms with Gasteiger partial charge in [-0.25, -0.2) is 0 Å². The van der Waals surface area contributed by atoms with Gasteiger partial charge in [-0.1, -0.05) is 72.8 Å². The number of hydrogen-bond donors (Lipinski definition) is 0. The molecule has 27 heavy (non-hydrogen) atoms. The molecule has 1 unspecified atom stereocenters. The summed E-state index contributed by atoms with van der Waals surface area (Å²) in [5.74, 6) is 1.19. The third-order valence-corrected chi connectivity index (χ3v) is 5.19. The fraction of sp³-hybridized carbons (Fsp3) is 0.160. The lowest BCUT2D eigenvalue weighted by Gasteiger charge is -2.24. The van der Waals surface area contributed by atoms with Crippen molar-refractivity contribution in [3.05, 3.63) is 96.1 Å². The molecule has 0 N–H and O–H groups in total. The molecule has 0 saturated carbocycles. The van der Waals surface area contributed by atoms with Crippen molar-refractivity contribution in [2.45, 2.75) is 18.8 Å². The predicted molar refractivity (Wildman–Crippen MR) is 110 cm³/mol. The Balaban J connectivity index is 1.61. The van der Waals surface area contributed by atoms with Gasteiger partial charge in [0.2, 0.25) is 0 Å². The van der Waals surface area contributed by atoms with Crippen LogP contribution in [0.1, 0.15) is 29.9 Å². The molecule has 0 amide bonds. The van der Waals surface area contributed by atoms with Gasteiger partial charge in [-0.05, 0) is 52.3 Å². The summed E-state index contributed by atoms with van der Waals surface area (Å²) in [4.78, 5) is 12.4. The molecule has 0 heterocycles. The second kappa shape index (κ2) is 7.63. The lowest BCUT2D eigenvalue weighted by Crippen LogP contribution is -2.13. The van der Waals surface area contributed by atoms with Gasteiger partial charge in [-0.3, -0.25) is 4.79 Å². The summed E-state index contributed by atoms with van der Waals surface area (Å²) in [7, 11) is 1.68. The van der Waals surface area contributed by atoms with Gasteiger partial charge in [0.1, 0.15) is 5.75 Å². The summed E-state index contributed by atoms with van der Waals surface area (Å²) in [5.41, 5.74) is 5.71. The van der Waals surface area contributed by atoms with Crippen LogP contribution in [-0.2, 0) is 4.79 Å².